The molecule has 0 bridgehead atoms. The summed E-state index contributed by atoms with van der Waals surface area (Å²) in [4.78, 5) is 35.9. The number of amides is 1. The first-order chi connectivity index (χ1) is 13.8. The minimum Gasteiger partial charge on any atom is -0.465 e. The summed E-state index contributed by atoms with van der Waals surface area (Å²) in [6.45, 7) is -0.159. The Balaban J connectivity index is 2.07. The summed E-state index contributed by atoms with van der Waals surface area (Å²) in [5.74, 6) is -1.91. The molecule has 0 aliphatic rings. The fourth-order valence-electron chi connectivity index (χ4n) is 2.38. The molecule has 0 fully saturated rings. The highest BCUT2D eigenvalue weighted by Crippen LogP contribution is 2.20. The fourth-order valence-corrected chi connectivity index (χ4v) is 3.43. The average molecular weight is 420 g/mol. The first-order valence-corrected chi connectivity index (χ1v) is 9.92. The van der Waals surface area contributed by atoms with Crippen LogP contribution in [0.2, 0.25) is 0 Å². The Bertz CT molecular complexity index is 1000. The van der Waals surface area contributed by atoms with E-state index in [1.165, 1.54) is 44.6 Å². The van der Waals surface area contributed by atoms with E-state index < -0.39 is 27.9 Å². The van der Waals surface area contributed by atoms with Gasteiger partial charge < -0.3 is 14.8 Å². The van der Waals surface area contributed by atoms with Crippen molar-refractivity contribution in [1.82, 2.24) is 4.72 Å². The maximum atomic E-state index is 12.2. The maximum Gasteiger partial charge on any atom is 0.339 e. The molecule has 2 rings (SSSR count). The number of anilines is 1. The standard InChI is InChI=1S/C19H20N2O7S/c1-27-18(23)13-8-9-15(19(24)28-2)16(12-13)21-17(22)10-11-20-29(25,26)14-6-4-3-5-7-14/h3-9,12,20H,10-11H2,1-2H3,(H,21,22). The van der Waals surface area contributed by atoms with Crippen molar-refractivity contribution in [1.29, 1.82) is 0 Å². The molecule has 0 heterocycles. The van der Waals surface area contributed by atoms with Gasteiger partial charge in [-0.2, -0.15) is 0 Å². The van der Waals surface area contributed by atoms with Crippen LogP contribution in [0, 0.1) is 0 Å². The largest absolute Gasteiger partial charge is 0.465 e. The van der Waals surface area contributed by atoms with Crippen LogP contribution in [0.15, 0.2) is 53.4 Å². The van der Waals surface area contributed by atoms with Crippen molar-refractivity contribution in [3.63, 3.8) is 0 Å². The first kappa shape index (κ1) is 22.1. The zero-order valence-electron chi connectivity index (χ0n) is 15.8. The predicted molar refractivity (Wildman–Crippen MR) is 104 cm³/mol. The van der Waals surface area contributed by atoms with Gasteiger partial charge in [-0.1, -0.05) is 18.2 Å². The number of nitrogens with one attached hydrogen (secondary N) is 2. The summed E-state index contributed by atoms with van der Waals surface area (Å²) >= 11 is 0. The molecule has 10 heteroatoms. The minimum absolute atomic E-state index is 0.0402. The fraction of sp³-hybridized carbons (Fsp3) is 0.211. The molecule has 0 saturated heterocycles. The normalized spacial score (nSPS) is 10.8. The van der Waals surface area contributed by atoms with Crippen LogP contribution in [0.3, 0.4) is 0 Å². The molecule has 154 valence electrons. The Morgan fingerprint density at radius 2 is 1.59 bits per heavy atom. The molecule has 29 heavy (non-hydrogen) atoms. The molecule has 2 aromatic rings. The predicted octanol–water partition coefficient (Wildman–Crippen LogP) is 1.57. The van der Waals surface area contributed by atoms with Crippen LogP contribution >= 0.6 is 0 Å². The van der Waals surface area contributed by atoms with Gasteiger partial charge in [0.05, 0.1) is 35.9 Å². The summed E-state index contributed by atoms with van der Waals surface area (Å²) in [5, 5.41) is 2.49. The Hall–Kier alpha value is -3.24. The van der Waals surface area contributed by atoms with Gasteiger partial charge >= 0.3 is 11.9 Å². The molecule has 0 unspecified atom stereocenters. The number of benzene rings is 2. The smallest absolute Gasteiger partial charge is 0.339 e. The SMILES string of the molecule is COC(=O)c1ccc(C(=O)OC)c(NC(=O)CCNS(=O)(=O)c2ccccc2)c1. The Labute approximate surface area is 168 Å². The number of carbonyl (C=O) groups is 3. The van der Waals surface area contributed by atoms with Crippen molar-refractivity contribution >= 4 is 33.6 Å². The molecular formula is C19H20N2O7S. The lowest BCUT2D eigenvalue weighted by atomic mass is 10.1. The third kappa shape index (κ3) is 5.87. The van der Waals surface area contributed by atoms with Gasteiger partial charge in [-0.05, 0) is 30.3 Å². The number of rotatable bonds is 8. The number of ether oxygens (including phenoxy) is 2. The van der Waals surface area contributed by atoms with Gasteiger partial charge in [0.1, 0.15) is 0 Å². The van der Waals surface area contributed by atoms with Crippen molar-refractivity contribution in [2.24, 2.45) is 0 Å². The van der Waals surface area contributed by atoms with E-state index in [1.807, 2.05) is 0 Å². The summed E-state index contributed by atoms with van der Waals surface area (Å²) in [6, 6.07) is 11.7. The number of sulfonamides is 1. The van der Waals surface area contributed by atoms with Crippen LogP contribution in [-0.2, 0) is 24.3 Å². The second-order valence-corrected chi connectivity index (χ2v) is 7.52. The number of esters is 2. The molecule has 9 nitrogen and oxygen atoms in total. The van der Waals surface area contributed by atoms with E-state index in [2.05, 4.69) is 19.5 Å². The van der Waals surface area contributed by atoms with Gasteiger partial charge in [-0.25, -0.2) is 22.7 Å². The summed E-state index contributed by atoms with van der Waals surface area (Å²) < 4.78 is 35.9. The molecule has 0 aromatic heterocycles. The maximum absolute atomic E-state index is 12.2. The quantitative estimate of drug-likeness (QED) is 0.620. The molecule has 2 aromatic carbocycles. The van der Waals surface area contributed by atoms with Crippen LogP contribution in [0.1, 0.15) is 27.1 Å². The van der Waals surface area contributed by atoms with E-state index in [0.717, 1.165) is 0 Å². The molecule has 0 radical (unpaired) electrons. The second kappa shape index (κ2) is 9.80. The van der Waals surface area contributed by atoms with Gasteiger partial charge in [0.25, 0.3) is 0 Å². The van der Waals surface area contributed by atoms with E-state index in [4.69, 9.17) is 0 Å². The Kier molecular flexibility index (Phi) is 7.46. The monoisotopic (exact) mass is 420 g/mol. The van der Waals surface area contributed by atoms with Gasteiger partial charge in [-0.3, -0.25) is 4.79 Å². The number of carbonyl (C=O) groups excluding carboxylic acids is 3. The number of hydrogen-bond acceptors (Lipinski definition) is 7. The lowest BCUT2D eigenvalue weighted by Crippen LogP contribution is -2.28. The van der Waals surface area contributed by atoms with Crippen LogP contribution < -0.4 is 10.0 Å². The minimum atomic E-state index is -3.74. The van der Waals surface area contributed by atoms with Crippen LogP contribution in [-0.4, -0.2) is 47.0 Å². The lowest BCUT2D eigenvalue weighted by Gasteiger charge is -2.12. The number of hydrogen-bond donors (Lipinski definition) is 2. The summed E-state index contributed by atoms with van der Waals surface area (Å²) in [7, 11) is -1.36. The van der Waals surface area contributed by atoms with Gasteiger partial charge in [0.2, 0.25) is 15.9 Å². The van der Waals surface area contributed by atoms with E-state index in [-0.39, 0.29) is 34.7 Å². The van der Waals surface area contributed by atoms with Crippen molar-refractivity contribution in [3.05, 3.63) is 59.7 Å². The topological polar surface area (TPSA) is 128 Å². The van der Waals surface area contributed by atoms with Gasteiger partial charge in [0, 0.05) is 13.0 Å². The molecular weight excluding hydrogens is 400 g/mol. The third-order valence-corrected chi connectivity index (χ3v) is 5.29. The molecule has 0 spiro atoms. The summed E-state index contributed by atoms with van der Waals surface area (Å²) in [6.07, 6.45) is -0.199. The van der Waals surface area contributed by atoms with E-state index >= 15 is 0 Å². The van der Waals surface area contributed by atoms with Gasteiger partial charge in [-0.15, -0.1) is 0 Å². The van der Waals surface area contributed by atoms with Gasteiger partial charge in [0.15, 0.2) is 0 Å². The van der Waals surface area contributed by atoms with Crippen LogP contribution in [0.4, 0.5) is 5.69 Å². The van der Waals surface area contributed by atoms with E-state index in [1.54, 1.807) is 18.2 Å². The van der Waals surface area contributed by atoms with Crippen molar-refractivity contribution in [2.75, 3.05) is 26.1 Å². The van der Waals surface area contributed by atoms with Crippen LogP contribution in [0.5, 0.6) is 0 Å². The molecule has 0 aliphatic carbocycles. The Morgan fingerprint density at radius 3 is 2.21 bits per heavy atom. The highest BCUT2D eigenvalue weighted by atomic mass is 32.2. The molecule has 0 atom stereocenters. The molecule has 0 saturated carbocycles. The number of methoxy groups -OCH3 is 2. The second-order valence-electron chi connectivity index (χ2n) is 5.75. The van der Waals surface area contributed by atoms with E-state index in [0.29, 0.717) is 0 Å². The zero-order valence-corrected chi connectivity index (χ0v) is 16.6. The highest BCUT2D eigenvalue weighted by molar-refractivity contribution is 7.89. The molecule has 0 aliphatic heterocycles. The van der Waals surface area contributed by atoms with Crippen molar-refractivity contribution in [3.8, 4) is 0 Å². The van der Waals surface area contributed by atoms with Crippen LogP contribution in [0.25, 0.3) is 0 Å². The third-order valence-electron chi connectivity index (χ3n) is 3.82. The van der Waals surface area contributed by atoms with Crippen molar-refractivity contribution < 1.29 is 32.3 Å². The lowest BCUT2D eigenvalue weighted by molar-refractivity contribution is -0.116. The zero-order chi connectivity index (χ0) is 21.4. The summed E-state index contributed by atoms with van der Waals surface area (Å²) in [5.41, 5.74) is 0.217. The highest BCUT2D eigenvalue weighted by Gasteiger charge is 2.18. The average Bonchev–Trinajstić information content (AvgIpc) is 2.73. The Morgan fingerprint density at radius 1 is 0.931 bits per heavy atom. The van der Waals surface area contributed by atoms with Crippen molar-refractivity contribution in [2.45, 2.75) is 11.3 Å². The van der Waals surface area contributed by atoms with E-state index in [9.17, 15) is 22.8 Å². The first-order valence-electron chi connectivity index (χ1n) is 8.43. The molecule has 2 N–H and O–H groups in total. The molecule has 1 amide bonds.